The summed E-state index contributed by atoms with van der Waals surface area (Å²) in [4.78, 5) is 0. The molecule has 0 aliphatic heterocycles. The van der Waals surface area contributed by atoms with E-state index in [2.05, 4.69) is 6.92 Å². The van der Waals surface area contributed by atoms with Crippen LogP contribution in [0.25, 0.3) is 0 Å². The van der Waals surface area contributed by atoms with E-state index in [-0.39, 0.29) is 0 Å². The summed E-state index contributed by atoms with van der Waals surface area (Å²) in [5.74, 6) is 0. The molecule has 12 heavy (non-hydrogen) atoms. The van der Waals surface area contributed by atoms with Gasteiger partial charge in [0.15, 0.2) is 0 Å². The molecule has 0 saturated carbocycles. The Morgan fingerprint density at radius 3 is 2.17 bits per heavy atom. The van der Waals surface area contributed by atoms with Crippen LogP contribution in [0.3, 0.4) is 0 Å². The zero-order valence-corrected chi connectivity index (χ0v) is 8.67. The van der Waals surface area contributed by atoms with Crippen molar-refractivity contribution < 1.29 is 13.2 Å². The van der Waals surface area contributed by atoms with Gasteiger partial charge in [0.25, 0.3) is 0 Å². The van der Waals surface area contributed by atoms with E-state index in [9.17, 15) is 13.2 Å². The first-order valence-electron chi connectivity index (χ1n) is 4.33. The van der Waals surface area contributed by atoms with Gasteiger partial charge in [-0.2, -0.15) is 13.2 Å². The molecular formula is C8H16F3Si. The highest BCUT2D eigenvalue weighted by Crippen LogP contribution is 2.23. The van der Waals surface area contributed by atoms with Crippen molar-refractivity contribution in [3.63, 3.8) is 0 Å². The molecule has 73 valence electrons. The molecule has 0 aliphatic carbocycles. The Labute approximate surface area is 73.8 Å². The van der Waals surface area contributed by atoms with Crippen molar-refractivity contribution in [2.45, 2.75) is 51.0 Å². The minimum atomic E-state index is -3.95. The summed E-state index contributed by atoms with van der Waals surface area (Å²) in [6.45, 7) is 4.06. The topological polar surface area (TPSA) is 0 Å². The second kappa shape index (κ2) is 5.62. The van der Waals surface area contributed by atoms with Gasteiger partial charge in [-0.1, -0.05) is 38.4 Å². The van der Waals surface area contributed by atoms with E-state index in [1.807, 2.05) is 6.55 Å². The molecule has 0 aromatic rings. The molecule has 1 radical (unpaired) electrons. The standard InChI is InChI=1S/C8H16F3Si/c1-3-4-6-12(2)7-5-8(9,10)11/h3-7H2,1-2H3. The lowest BCUT2D eigenvalue weighted by Gasteiger charge is -2.10. The first-order chi connectivity index (χ1) is 5.45. The summed E-state index contributed by atoms with van der Waals surface area (Å²) in [5.41, 5.74) is 0. The summed E-state index contributed by atoms with van der Waals surface area (Å²) >= 11 is 0. The predicted octanol–water partition coefficient (Wildman–Crippen LogP) is 3.86. The Kier molecular flexibility index (Phi) is 5.62. The molecule has 0 aliphatic rings. The molecule has 0 amide bonds. The third-order valence-electron chi connectivity index (χ3n) is 1.79. The first kappa shape index (κ1) is 12.0. The first-order valence-corrected chi connectivity index (χ1v) is 6.75. The zero-order chi connectivity index (χ0) is 9.61. The Morgan fingerprint density at radius 2 is 1.75 bits per heavy atom. The van der Waals surface area contributed by atoms with Crippen LogP contribution in [0, 0.1) is 0 Å². The molecule has 0 nitrogen and oxygen atoms in total. The van der Waals surface area contributed by atoms with E-state index in [1.54, 1.807) is 0 Å². The van der Waals surface area contributed by atoms with Gasteiger partial charge in [0.05, 0.1) is 0 Å². The van der Waals surface area contributed by atoms with E-state index in [0.717, 1.165) is 18.9 Å². The van der Waals surface area contributed by atoms with Crippen LogP contribution in [0.2, 0.25) is 18.6 Å². The van der Waals surface area contributed by atoms with Crippen LogP contribution in [0.5, 0.6) is 0 Å². The van der Waals surface area contributed by atoms with Gasteiger partial charge < -0.3 is 0 Å². The van der Waals surface area contributed by atoms with Gasteiger partial charge in [-0.15, -0.1) is 0 Å². The second-order valence-corrected chi connectivity index (χ2v) is 6.09. The Bertz CT molecular complexity index is 111. The van der Waals surface area contributed by atoms with Crippen LogP contribution in [-0.2, 0) is 0 Å². The highest BCUT2D eigenvalue weighted by Gasteiger charge is 2.27. The van der Waals surface area contributed by atoms with Gasteiger partial charge in [-0.25, -0.2) is 0 Å². The molecule has 0 heterocycles. The molecule has 0 spiro atoms. The van der Waals surface area contributed by atoms with Crippen LogP contribution in [0.1, 0.15) is 26.2 Å². The van der Waals surface area contributed by atoms with Crippen molar-refractivity contribution >= 4 is 8.80 Å². The van der Waals surface area contributed by atoms with E-state index in [0.29, 0.717) is 6.04 Å². The quantitative estimate of drug-likeness (QED) is 0.587. The maximum absolute atomic E-state index is 11.8. The molecule has 0 N–H and O–H groups in total. The van der Waals surface area contributed by atoms with Crippen molar-refractivity contribution in [2.75, 3.05) is 0 Å². The average molecular weight is 197 g/mol. The minimum Gasteiger partial charge on any atom is -0.171 e. The Hall–Kier alpha value is 0.00688. The monoisotopic (exact) mass is 197 g/mol. The van der Waals surface area contributed by atoms with E-state index < -0.39 is 21.4 Å². The summed E-state index contributed by atoms with van der Waals surface area (Å²) in [6.07, 6.45) is -2.35. The summed E-state index contributed by atoms with van der Waals surface area (Å²) < 4.78 is 35.3. The number of rotatable bonds is 5. The van der Waals surface area contributed by atoms with E-state index >= 15 is 0 Å². The van der Waals surface area contributed by atoms with Crippen molar-refractivity contribution in [1.82, 2.24) is 0 Å². The van der Waals surface area contributed by atoms with Crippen molar-refractivity contribution in [3.05, 3.63) is 0 Å². The summed E-state index contributed by atoms with van der Waals surface area (Å²) in [6, 6.07) is 1.41. The van der Waals surface area contributed by atoms with E-state index in [4.69, 9.17) is 0 Å². The van der Waals surface area contributed by atoms with Gasteiger partial charge in [0.2, 0.25) is 0 Å². The van der Waals surface area contributed by atoms with Gasteiger partial charge in [-0.3, -0.25) is 0 Å². The van der Waals surface area contributed by atoms with Crippen molar-refractivity contribution in [1.29, 1.82) is 0 Å². The molecule has 0 bridgehead atoms. The van der Waals surface area contributed by atoms with E-state index in [1.165, 1.54) is 0 Å². The fourth-order valence-electron chi connectivity index (χ4n) is 0.959. The average Bonchev–Trinajstić information content (AvgIpc) is 1.95. The molecule has 0 fully saturated rings. The summed E-state index contributed by atoms with van der Waals surface area (Å²) in [7, 11) is -0.705. The lowest BCUT2D eigenvalue weighted by molar-refractivity contribution is -0.130. The van der Waals surface area contributed by atoms with Crippen LogP contribution in [0.4, 0.5) is 13.2 Å². The van der Waals surface area contributed by atoms with Crippen molar-refractivity contribution in [2.24, 2.45) is 0 Å². The maximum atomic E-state index is 11.8. The fraction of sp³-hybridized carbons (Fsp3) is 1.00. The van der Waals surface area contributed by atoms with Crippen molar-refractivity contribution in [3.8, 4) is 0 Å². The highest BCUT2D eigenvalue weighted by atomic mass is 28.3. The number of hydrogen-bond acceptors (Lipinski definition) is 0. The molecule has 0 aromatic heterocycles. The second-order valence-electron chi connectivity index (χ2n) is 3.18. The van der Waals surface area contributed by atoms with Crippen LogP contribution < -0.4 is 0 Å². The third kappa shape index (κ3) is 8.11. The predicted molar refractivity (Wildman–Crippen MR) is 46.8 cm³/mol. The Balaban J connectivity index is 3.37. The molecular weight excluding hydrogens is 181 g/mol. The van der Waals surface area contributed by atoms with Gasteiger partial charge in [-0.05, 0) is 0 Å². The number of hydrogen-bond donors (Lipinski definition) is 0. The molecule has 0 unspecified atom stereocenters. The smallest absolute Gasteiger partial charge is 0.171 e. The molecule has 0 aromatic carbocycles. The Morgan fingerprint density at radius 1 is 1.17 bits per heavy atom. The fourth-order valence-corrected chi connectivity index (χ4v) is 2.88. The largest absolute Gasteiger partial charge is 0.388 e. The number of alkyl halides is 3. The molecule has 4 heteroatoms. The van der Waals surface area contributed by atoms with Crippen LogP contribution in [-0.4, -0.2) is 15.0 Å². The van der Waals surface area contributed by atoms with Crippen LogP contribution >= 0.6 is 0 Å². The lowest BCUT2D eigenvalue weighted by atomic mass is 10.4. The molecule has 0 saturated heterocycles. The minimum absolute atomic E-state index is 0.383. The zero-order valence-electron chi connectivity index (χ0n) is 7.67. The highest BCUT2D eigenvalue weighted by molar-refractivity contribution is 6.57. The molecule has 0 rings (SSSR count). The van der Waals surface area contributed by atoms with Gasteiger partial charge in [0.1, 0.15) is 0 Å². The van der Waals surface area contributed by atoms with Gasteiger partial charge >= 0.3 is 6.18 Å². The number of halogens is 3. The number of unbranched alkanes of at least 4 members (excludes halogenated alkanes) is 1. The maximum Gasteiger partial charge on any atom is 0.388 e. The summed E-state index contributed by atoms with van der Waals surface area (Å²) in [5, 5.41) is 0. The lowest BCUT2D eigenvalue weighted by Crippen LogP contribution is -2.13. The van der Waals surface area contributed by atoms with Crippen LogP contribution in [0.15, 0.2) is 0 Å². The van der Waals surface area contributed by atoms with Gasteiger partial charge in [0, 0.05) is 15.2 Å². The SMILES string of the molecule is CCCC[Si](C)CCC(F)(F)F. The molecule has 0 atom stereocenters. The normalized spacial score (nSPS) is 12.5. The third-order valence-corrected chi connectivity index (χ3v) is 4.10.